The third-order valence-electron chi connectivity index (χ3n) is 5.69. The Morgan fingerprint density at radius 3 is 2.13 bits per heavy atom. The van der Waals surface area contributed by atoms with Crippen LogP contribution in [0, 0.1) is 5.82 Å². The van der Waals surface area contributed by atoms with Gasteiger partial charge in [0.25, 0.3) is 20.1 Å². The zero-order valence-electron chi connectivity index (χ0n) is 19.4. The summed E-state index contributed by atoms with van der Waals surface area (Å²) >= 11 is 0. The lowest BCUT2D eigenvalue weighted by atomic mass is 10.0. The van der Waals surface area contributed by atoms with E-state index < -0.39 is 30.9 Å². The third-order valence-corrected chi connectivity index (χ3v) is 7.89. The van der Waals surface area contributed by atoms with Crippen LogP contribution in [0.3, 0.4) is 0 Å². The van der Waals surface area contributed by atoms with E-state index in [1.807, 2.05) is 0 Å². The minimum Gasteiger partial charge on any atom is -0.399 e. The Morgan fingerprint density at radius 2 is 1.45 bits per heavy atom. The van der Waals surface area contributed by atoms with Crippen LogP contribution in [0.5, 0.6) is 0 Å². The predicted molar refractivity (Wildman–Crippen MR) is 142 cm³/mol. The number of halogens is 1. The van der Waals surface area contributed by atoms with E-state index in [-0.39, 0.29) is 38.6 Å². The fraction of sp³-hybridized carbons (Fsp3) is 0. The maximum atomic E-state index is 15.7. The number of sulfonamides is 1. The van der Waals surface area contributed by atoms with Crippen molar-refractivity contribution in [1.29, 1.82) is 0 Å². The lowest BCUT2D eigenvalue weighted by Gasteiger charge is -2.14. The molecule has 12 heteroatoms. The lowest BCUT2D eigenvalue weighted by Crippen LogP contribution is -2.15. The van der Waals surface area contributed by atoms with Gasteiger partial charge in [0.15, 0.2) is 11.6 Å². The van der Waals surface area contributed by atoms with Gasteiger partial charge in [0, 0.05) is 16.8 Å². The van der Waals surface area contributed by atoms with E-state index in [0.717, 1.165) is 12.1 Å². The molecule has 0 amide bonds. The van der Waals surface area contributed by atoms with Crippen molar-refractivity contribution in [3.05, 3.63) is 96.8 Å². The molecule has 9 nitrogen and oxygen atoms in total. The fourth-order valence-corrected chi connectivity index (χ4v) is 5.37. The molecule has 1 aromatic heterocycles. The number of hydrogen-bond donors (Lipinski definition) is 3. The number of nitrogens with two attached hydrogens (primary N) is 1. The number of nitrogens with one attached hydrogen (secondary N) is 1. The van der Waals surface area contributed by atoms with Crippen molar-refractivity contribution in [2.24, 2.45) is 0 Å². The molecule has 0 saturated heterocycles. The second-order valence-corrected chi connectivity index (χ2v) is 11.4. The van der Waals surface area contributed by atoms with Gasteiger partial charge in [-0.2, -0.15) is 8.42 Å². The van der Waals surface area contributed by atoms with Gasteiger partial charge in [0.2, 0.25) is 0 Å². The molecular formula is C26H19FN4O5S2. The average Bonchev–Trinajstić information content (AvgIpc) is 2.89. The smallest absolute Gasteiger partial charge is 0.294 e. The molecule has 0 bridgehead atoms. The number of nitrogens with zero attached hydrogens (tertiary/aromatic N) is 2. The number of hydrogen-bond acceptors (Lipinski definition) is 7. The Kier molecular flexibility index (Phi) is 6.31. The summed E-state index contributed by atoms with van der Waals surface area (Å²) in [6.07, 6.45) is 0. The van der Waals surface area contributed by atoms with Crippen molar-refractivity contribution in [2.75, 3.05) is 10.5 Å². The van der Waals surface area contributed by atoms with E-state index in [1.54, 1.807) is 30.3 Å². The van der Waals surface area contributed by atoms with Crippen molar-refractivity contribution < 1.29 is 25.8 Å². The summed E-state index contributed by atoms with van der Waals surface area (Å²) in [5.74, 6) is -0.963. The molecule has 0 radical (unpaired) electrons. The molecule has 38 heavy (non-hydrogen) atoms. The number of fused-ring (bicyclic) bond motifs is 1. The van der Waals surface area contributed by atoms with Gasteiger partial charge in [-0.1, -0.05) is 42.5 Å². The number of rotatable bonds is 6. The standard InChI is InChI=1S/C26H19FN4O5S2/c27-23-21(16-5-2-1-3-6-16)13-14-22-25(23)30-24(17-7-4-8-20(15-17)38(34,35)36)26(29-22)31-37(32,33)19-11-9-18(28)10-12-19/h1-15H,28H2,(H,29,31)(H,34,35,36). The number of aromatic nitrogens is 2. The molecule has 1 heterocycles. The summed E-state index contributed by atoms with van der Waals surface area (Å²) in [6.45, 7) is 0. The van der Waals surface area contributed by atoms with Crippen LogP contribution >= 0.6 is 0 Å². The number of anilines is 2. The lowest BCUT2D eigenvalue weighted by molar-refractivity contribution is 0.483. The molecule has 192 valence electrons. The van der Waals surface area contributed by atoms with E-state index in [0.29, 0.717) is 11.3 Å². The van der Waals surface area contributed by atoms with E-state index in [9.17, 15) is 21.4 Å². The van der Waals surface area contributed by atoms with Crippen LogP contribution in [-0.4, -0.2) is 31.4 Å². The van der Waals surface area contributed by atoms with Crippen LogP contribution in [-0.2, 0) is 20.1 Å². The maximum absolute atomic E-state index is 15.7. The zero-order valence-corrected chi connectivity index (χ0v) is 21.0. The molecule has 0 spiro atoms. The van der Waals surface area contributed by atoms with Crippen LogP contribution in [0.4, 0.5) is 15.9 Å². The van der Waals surface area contributed by atoms with Crippen LogP contribution < -0.4 is 10.5 Å². The Bertz CT molecular complexity index is 1900. The Hall–Kier alpha value is -4.39. The minimum absolute atomic E-state index is 0.0619. The molecule has 5 rings (SSSR count). The van der Waals surface area contributed by atoms with Crippen molar-refractivity contribution >= 4 is 42.7 Å². The Balaban J connectivity index is 1.74. The predicted octanol–water partition coefficient (Wildman–Crippen LogP) is 4.73. The summed E-state index contributed by atoms with van der Waals surface area (Å²) in [6, 6.07) is 22.2. The second kappa shape index (κ2) is 9.49. The first-order valence-corrected chi connectivity index (χ1v) is 14.0. The Labute approximate surface area is 217 Å². The molecule has 4 N–H and O–H groups in total. The maximum Gasteiger partial charge on any atom is 0.294 e. The van der Waals surface area contributed by atoms with Gasteiger partial charge < -0.3 is 5.73 Å². The summed E-state index contributed by atoms with van der Waals surface area (Å²) in [5, 5.41) is 0. The molecule has 0 atom stereocenters. The molecule has 0 saturated carbocycles. The van der Waals surface area contributed by atoms with Crippen LogP contribution in [0.1, 0.15) is 0 Å². The van der Waals surface area contributed by atoms with Gasteiger partial charge >= 0.3 is 0 Å². The van der Waals surface area contributed by atoms with Gasteiger partial charge in [0.1, 0.15) is 11.2 Å². The number of nitrogen functional groups attached to an aromatic ring is 1. The molecule has 0 aliphatic carbocycles. The Morgan fingerprint density at radius 1 is 0.763 bits per heavy atom. The number of benzene rings is 4. The molecule has 0 unspecified atom stereocenters. The van der Waals surface area contributed by atoms with Gasteiger partial charge in [-0.15, -0.1) is 0 Å². The molecule has 4 aromatic carbocycles. The second-order valence-electron chi connectivity index (χ2n) is 8.26. The highest BCUT2D eigenvalue weighted by Crippen LogP contribution is 2.33. The summed E-state index contributed by atoms with van der Waals surface area (Å²) < 4.78 is 77.4. The van der Waals surface area contributed by atoms with Gasteiger partial charge in [-0.3, -0.25) is 9.27 Å². The highest BCUT2D eigenvalue weighted by atomic mass is 32.2. The summed E-state index contributed by atoms with van der Waals surface area (Å²) in [4.78, 5) is 8.15. The summed E-state index contributed by atoms with van der Waals surface area (Å²) in [5.41, 5.74) is 6.70. The van der Waals surface area contributed by atoms with Crippen LogP contribution in [0.25, 0.3) is 33.4 Å². The van der Waals surface area contributed by atoms with Gasteiger partial charge in [-0.05, 0) is 54.1 Å². The minimum atomic E-state index is -4.59. The van der Waals surface area contributed by atoms with Crippen LogP contribution in [0.15, 0.2) is 101 Å². The van der Waals surface area contributed by atoms with E-state index >= 15 is 4.39 Å². The zero-order chi connectivity index (χ0) is 27.1. The van der Waals surface area contributed by atoms with Crippen molar-refractivity contribution in [3.8, 4) is 22.4 Å². The highest BCUT2D eigenvalue weighted by Gasteiger charge is 2.22. The molecule has 0 aliphatic heterocycles. The fourth-order valence-electron chi connectivity index (χ4n) is 3.84. The first-order chi connectivity index (χ1) is 18.0. The first kappa shape index (κ1) is 25.3. The third kappa shape index (κ3) is 4.92. The quantitative estimate of drug-likeness (QED) is 0.203. The molecule has 0 fully saturated rings. The van der Waals surface area contributed by atoms with E-state index in [1.165, 1.54) is 48.5 Å². The molecular weight excluding hydrogens is 531 g/mol. The largest absolute Gasteiger partial charge is 0.399 e. The van der Waals surface area contributed by atoms with E-state index in [2.05, 4.69) is 14.7 Å². The average molecular weight is 551 g/mol. The van der Waals surface area contributed by atoms with Crippen molar-refractivity contribution in [2.45, 2.75) is 9.79 Å². The van der Waals surface area contributed by atoms with Gasteiger partial charge in [0.05, 0.1) is 15.3 Å². The topological polar surface area (TPSA) is 152 Å². The molecule has 5 aromatic rings. The molecule has 0 aliphatic rings. The SMILES string of the molecule is Nc1ccc(S(=O)(=O)Nc2nc3ccc(-c4ccccc4)c(F)c3nc2-c2cccc(S(=O)(=O)O)c2)cc1. The highest BCUT2D eigenvalue weighted by molar-refractivity contribution is 7.92. The summed E-state index contributed by atoms with van der Waals surface area (Å²) in [7, 11) is -8.79. The van der Waals surface area contributed by atoms with Crippen molar-refractivity contribution in [1.82, 2.24) is 9.97 Å². The van der Waals surface area contributed by atoms with E-state index in [4.69, 9.17) is 5.73 Å². The normalized spacial score (nSPS) is 11.9. The monoisotopic (exact) mass is 550 g/mol. The van der Waals surface area contributed by atoms with Crippen molar-refractivity contribution in [3.63, 3.8) is 0 Å². The van der Waals surface area contributed by atoms with Crippen LogP contribution in [0.2, 0.25) is 0 Å². The first-order valence-electron chi connectivity index (χ1n) is 11.0. The van der Waals surface area contributed by atoms with Gasteiger partial charge in [-0.25, -0.2) is 22.8 Å².